The maximum Gasteiger partial charge on any atom is 0.0223 e. The molecule has 0 aromatic rings. The van der Waals surface area contributed by atoms with Gasteiger partial charge in [0.25, 0.3) is 0 Å². The molecule has 1 heterocycles. The SMILES string of the molecule is ClCCCC1CC1N1CCCCC1. The highest BCUT2D eigenvalue weighted by Gasteiger charge is 2.40. The predicted octanol–water partition coefficient (Wildman–Crippen LogP) is 2.88. The molecule has 1 saturated carbocycles. The monoisotopic (exact) mass is 201 g/mol. The molecular formula is C11H20ClN. The molecule has 0 aromatic carbocycles. The minimum Gasteiger partial charge on any atom is -0.300 e. The third-order valence-electron chi connectivity index (χ3n) is 3.45. The Bertz CT molecular complexity index is 154. The van der Waals surface area contributed by atoms with Crippen molar-refractivity contribution in [1.82, 2.24) is 4.90 Å². The average Bonchev–Trinajstić information content (AvgIpc) is 2.95. The van der Waals surface area contributed by atoms with Crippen molar-refractivity contribution in [2.45, 2.75) is 44.6 Å². The lowest BCUT2D eigenvalue weighted by Crippen LogP contribution is -2.32. The summed E-state index contributed by atoms with van der Waals surface area (Å²) in [7, 11) is 0. The van der Waals surface area contributed by atoms with E-state index in [9.17, 15) is 0 Å². The molecule has 2 aliphatic rings. The Kier molecular flexibility index (Phi) is 3.51. The van der Waals surface area contributed by atoms with Crippen molar-refractivity contribution >= 4 is 11.6 Å². The van der Waals surface area contributed by atoms with Crippen LogP contribution in [0.25, 0.3) is 0 Å². The minimum atomic E-state index is 0.850. The molecule has 0 spiro atoms. The molecule has 0 bridgehead atoms. The fourth-order valence-electron chi connectivity index (χ4n) is 2.58. The van der Waals surface area contributed by atoms with Crippen LogP contribution in [0.4, 0.5) is 0 Å². The Morgan fingerprint density at radius 3 is 2.62 bits per heavy atom. The number of rotatable bonds is 4. The lowest BCUT2D eigenvalue weighted by Gasteiger charge is -2.26. The van der Waals surface area contributed by atoms with Crippen LogP contribution in [-0.2, 0) is 0 Å². The van der Waals surface area contributed by atoms with Gasteiger partial charge in [-0.05, 0) is 51.1 Å². The zero-order chi connectivity index (χ0) is 9.10. The zero-order valence-corrected chi connectivity index (χ0v) is 9.10. The van der Waals surface area contributed by atoms with Crippen LogP contribution in [0.1, 0.15) is 38.5 Å². The van der Waals surface area contributed by atoms with Crippen LogP contribution in [0.3, 0.4) is 0 Å². The Morgan fingerprint density at radius 1 is 1.15 bits per heavy atom. The zero-order valence-electron chi connectivity index (χ0n) is 8.34. The molecule has 1 nitrogen and oxygen atoms in total. The molecule has 2 unspecified atom stereocenters. The highest BCUT2D eigenvalue weighted by atomic mass is 35.5. The Balaban J connectivity index is 1.66. The average molecular weight is 202 g/mol. The molecule has 76 valence electrons. The number of hydrogen-bond donors (Lipinski definition) is 0. The largest absolute Gasteiger partial charge is 0.300 e. The predicted molar refractivity (Wildman–Crippen MR) is 57.3 cm³/mol. The summed E-state index contributed by atoms with van der Waals surface area (Å²) < 4.78 is 0. The second-order valence-electron chi connectivity index (χ2n) is 4.49. The highest BCUT2D eigenvalue weighted by Crippen LogP contribution is 2.40. The first-order chi connectivity index (χ1) is 6.42. The number of likely N-dealkylation sites (tertiary alicyclic amines) is 1. The summed E-state index contributed by atoms with van der Waals surface area (Å²) in [6.45, 7) is 2.73. The van der Waals surface area contributed by atoms with Gasteiger partial charge in [-0.3, -0.25) is 0 Å². The molecule has 0 amide bonds. The van der Waals surface area contributed by atoms with Crippen molar-refractivity contribution in [3.05, 3.63) is 0 Å². The Hall–Kier alpha value is 0.250. The van der Waals surface area contributed by atoms with Crippen LogP contribution in [0, 0.1) is 5.92 Å². The second kappa shape index (κ2) is 4.65. The van der Waals surface area contributed by atoms with Gasteiger partial charge in [0.15, 0.2) is 0 Å². The van der Waals surface area contributed by atoms with E-state index in [0.29, 0.717) is 0 Å². The van der Waals surface area contributed by atoms with Crippen LogP contribution in [0.5, 0.6) is 0 Å². The molecule has 1 saturated heterocycles. The van der Waals surface area contributed by atoms with Gasteiger partial charge in [0.1, 0.15) is 0 Å². The van der Waals surface area contributed by atoms with Crippen LogP contribution in [-0.4, -0.2) is 29.9 Å². The summed E-state index contributed by atoms with van der Waals surface area (Å²) in [6.07, 6.45) is 8.35. The van der Waals surface area contributed by atoms with E-state index < -0.39 is 0 Å². The maximum absolute atomic E-state index is 5.69. The summed E-state index contributed by atoms with van der Waals surface area (Å²) in [5, 5.41) is 0. The normalized spacial score (nSPS) is 34.8. The molecule has 13 heavy (non-hydrogen) atoms. The van der Waals surface area contributed by atoms with Gasteiger partial charge in [0.05, 0.1) is 0 Å². The van der Waals surface area contributed by atoms with Gasteiger partial charge in [0.2, 0.25) is 0 Å². The summed E-state index contributed by atoms with van der Waals surface area (Å²) in [4.78, 5) is 2.71. The van der Waals surface area contributed by atoms with Gasteiger partial charge in [-0.2, -0.15) is 0 Å². The standard InChI is InChI=1S/C11H20ClN/c12-6-4-5-10-9-11(10)13-7-2-1-3-8-13/h10-11H,1-9H2. The van der Waals surface area contributed by atoms with Gasteiger partial charge in [-0.15, -0.1) is 11.6 Å². The Morgan fingerprint density at radius 2 is 1.92 bits per heavy atom. The first-order valence-corrected chi connectivity index (χ1v) is 6.25. The van der Waals surface area contributed by atoms with Crippen LogP contribution >= 0.6 is 11.6 Å². The van der Waals surface area contributed by atoms with Crippen molar-refractivity contribution in [3.63, 3.8) is 0 Å². The van der Waals surface area contributed by atoms with Gasteiger partial charge in [-0.25, -0.2) is 0 Å². The van der Waals surface area contributed by atoms with Crippen molar-refractivity contribution in [1.29, 1.82) is 0 Å². The molecule has 1 aliphatic carbocycles. The lowest BCUT2D eigenvalue weighted by molar-refractivity contribution is 0.208. The van der Waals surface area contributed by atoms with Crippen molar-refractivity contribution < 1.29 is 0 Å². The van der Waals surface area contributed by atoms with E-state index in [1.807, 2.05) is 0 Å². The summed E-state index contributed by atoms with van der Waals surface area (Å²) in [5.41, 5.74) is 0. The van der Waals surface area contributed by atoms with Crippen LogP contribution in [0.15, 0.2) is 0 Å². The Labute approximate surface area is 86.4 Å². The quantitative estimate of drug-likeness (QED) is 0.633. The molecule has 0 aromatic heterocycles. The van der Waals surface area contributed by atoms with E-state index in [2.05, 4.69) is 4.90 Å². The number of nitrogens with zero attached hydrogens (tertiary/aromatic N) is 1. The topological polar surface area (TPSA) is 3.24 Å². The maximum atomic E-state index is 5.69. The number of alkyl halides is 1. The molecule has 2 fully saturated rings. The summed E-state index contributed by atoms with van der Waals surface area (Å²) >= 11 is 5.69. The number of hydrogen-bond acceptors (Lipinski definition) is 1. The van der Waals surface area contributed by atoms with Gasteiger partial charge in [-0.1, -0.05) is 6.42 Å². The molecule has 2 atom stereocenters. The van der Waals surface area contributed by atoms with E-state index in [-0.39, 0.29) is 0 Å². The third kappa shape index (κ3) is 2.60. The number of halogens is 1. The minimum absolute atomic E-state index is 0.850. The fourth-order valence-corrected chi connectivity index (χ4v) is 2.73. The van der Waals surface area contributed by atoms with E-state index in [4.69, 9.17) is 11.6 Å². The molecule has 2 heteroatoms. The van der Waals surface area contributed by atoms with E-state index >= 15 is 0 Å². The smallest absolute Gasteiger partial charge is 0.0223 e. The molecule has 0 radical (unpaired) electrons. The fraction of sp³-hybridized carbons (Fsp3) is 1.00. The van der Waals surface area contributed by atoms with E-state index in [0.717, 1.165) is 17.8 Å². The van der Waals surface area contributed by atoms with Gasteiger partial charge >= 0.3 is 0 Å². The highest BCUT2D eigenvalue weighted by molar-refractivity contribution is 6.17. The van der Waals surface area contributed by atoms with E-state index in [1.54, 1.807) is 0 Å². The molecule has 0 N–H and O–H groups in total. The summed E-state index contributed by atoms with van der Waals surface area (Å²) in [6, 6.07) is 0.948. The second-order valence-corrected chi connectivity index (χ2v) is 4.87. The van der Waals surface area contributed by atoms with Crippen LogP contribution in [0.2, 0.25) is 0 Å². The lowest BCUT2D eigenvalue weighted by atomic mass is 10.1. The van der Waals surface area contributed by atoms with Crippen LogP contribution < -0.4 is 0 Å². The number of piperidine rings is 1. The molecule has 1 aliphatic heterocycles. The first-order valence-electron chi connectivity index (χ1n) is 5.72. The van der Waals surface area contributed by atoms with Gasteiger partial charge < -0.3 is 4.90 Å². The van der Waals surface area contributed by atoms with Crippen molar-refractivity contribution in [2.75, 3.05) is 19.0 Å². The van der Waals surface area contributed by atoms with Crippen molar-refractivity contribution in [2.24, 2.45) is 5.92 Å². The molecular weight excluding hydrogens is 182 g/mol. The van der Waals surface area contributed by atoms with E-state index in [1.165, 1.54) is 51.6 Å². The first kappa shape index (κ1) is 9.79. The third-order valence-corrected chi connectivity index (χ3v) is 3.72. The molecule has 2 rings (SSSR count). The summed E-state index contributed by atoms with van der Waals surface area (Å²) in [5.74, 6) is 1.85. The van der Waals surface area contributed by atoms with Gasteiger partial charge in [0, 0.05) is 11.9 Å². The van der Waals surface area contributed by atoms with Crippen molar-refractivity contribution in [3.8, 4) is 0 Å².